The molecule has 112 valence electrons. The third-order valence-corrected chi connectivity index (χ3v) is 3.77. The number of aliphatic hydroxyl groups excluding tert-OH is 1. The molecule has 1 aromatic rings. The highest BCUT2D eigenvalue weighted by molar-refractivity contribution is 5.97. The van der Waals surface area contributed by atoms with E-state index in [0.29, 0.717) is 24.3 Å². The van der Waals surface area contributed by atoms with Gasteiger partial charge in [0.15, 0.2) is 0 Å². The lowest BCUT2D eigenvalue weighted by atomic mass is 10.2. The van der Waals surface area contributed by atoms with Crippen LogP contribution in [0.1, 0.15) is 19.3 Å². The summed E-state index contributed by atoms with van der Waals surface area (Å²) in [7, 11) is 0. The zero-order valence-corrected chi connectivity index (χ0v) is 11.6. The van der Waals surface area contributed by atoms with Gasteiger partial charge in [0.2, 0.25) is 11.8 Å². The molecule has 2 amide bonds. The SMILES string of the molecule is O=C(Nc1cccc(NC(=O)C2CC(O)CN2)c1)C1CC1. The van der Waals surface area contributed by atoms with Crippen LogP contribution in [0.25, 0.3) is 0 Å². The molecule has 21 heavy (non-hydrogen) atoms. The van der Waals surface area contributed by atoms with Crippen molar-refractivity contribution < 1.29 is 14.7 Å². The number of benzene rings is 1. The van der Waals surface area contributed by atoms with E-state index in [2.05, 4.69) is 16.0 Å². The van der Waals surface area contributed by atoms with Crippen LogP contribution in [0.4, 0.5) is 11.4 Å². The van der Waals surface area contributed by atoms with E-state index >= 15 is 0 Å². The minimum atomic E-state index is -0.468. The summed E-state index contributed by atoms with van der Waals surface area (Å²) in [6, 6.07) is 6.73. The fourth-order valence-electron chi connectivity index (χ4n) is 2.41. The second kappa shape index (κ2) is 5.83. The lowest BCUT2D eigenvalue weighted by Crippen LogP contribution is -2.35. The molecule has 1 aromatic carbocycles. The van der Waals surface area contributed by atoms with E-state index in [9.17, 15) is 14.7 Å². The molecule has 0 aromatic heterocycles. The Bertz CT molecular complexity index is 557. The second-order valence-electron chi connectivity index (χ2n) is 5.68. The summed E-state index contributed by atoms with van der Waals surface area (Å²) in [6.45, 7) is 0.440. The first-order chi connectivity index (χ1) is 10.1. The number of hydrogen-bond donors (Lipinski definition) is 4. The number of β-amino-alcohol motifs (C(OH)–C–C–N with tert-alkyl or cyclic N) is 1. The monoisotopic (exact) mass is 289 g/mol. The Morgan fingerprint density at radius 3 is 2.38 bits per heavy atom. The van der Waals surface area contributed by atoms with Crippen LogP contribution in [0.5, 0.6) is 0 Å². The molecule has 0 spiro atoms. The van der Waals surface area contributed by atoms with E-state index in [1.165, 1.54) is 0 Å². The molecule has 2 aliphatic rings. The Balaban J connectivity index is 1.60. The lowest BCUT2D eigenvalue weighted by molar-refractivity contribution is -0.118. The van der Waals surface area contributed by atoms with Gasteiger partial charge in [-0.05, 0) is 37.5 Å². The van der Waals surface area contributed by atoms with E-state index in [1.54, 1.807) is 24.3 Å². The first-order valence-electron chi connectivity index (χ1n) is 7.25. The van der Waals surface area contributed by atoms with Crippen molar-refractivity contribution in [3.63, 3.8) is 0 Å². The largest absolute Gasteiger partial charge is 0.392 e. The van der Waals surface area contributed by atoms with Gasteiger partial charge in [0.05, 0.1) is 12.1 Å². The predicted molar refractivity (Wildman–Crippen MR) is 78.8 cm³/mol. The van der Waals surface area contributed by atoms with E-state index in [1.807, 2.05) is 0 Å². The Labute approximate surface area is 122 Å². The van der Waals surface area contributed by atoms with Crippen molar-refractivity contribution in [3.8, 4) is 0 Å². The summed E-state index contributed by atoms with van der Waals surface area (Å²) in [5, 5.41) is 18.0. The van der Waals surface area contributed by atoms with Crippen molar-refractivity contribution in [2.75, 3.05) is 17.2 Å². The van der Waals surface area contributed by atoms with Gasteiger partial charge < -0.3 is 21.1 Å². The van der Waals surface area contributed by atoms with Gasteiger partial charge in [0.1, 0.15) is 0 Å². The molecule has 3 rings (SSSR count). The van der Waals surface area contributed by atoms with Gasteiger partial charge in [0.25, 0.3) is 0 Å². The van der Waals surface area contributed by atoms with Gasteiger partial charge in [-0.25, -0.2) is 0 Å². The summed E-state index contributed by atoms with van der Waals surface area (Å²) < 4.78 is 0. The molecule has 1 aliphatic heterocycles. The van der Waals surface area contributed by atoms with Crippen LogP contribution in [0.15, 0.2) is 24.3 Å². The van der Waals surface area contributed by atoms with Crippen molar-refractivity contribution in [2.45, 2.75) is 31.4 Å². The molecule has 0 radical (unpaired) electrons. The van der Waals surface area contributed by atoms with Gasteiger partial charge >= 0.3 is 0 Å². The minimum Gasteiger partial charge on any atom is -0.392 e. The summed E-state index contributed by atoms with van der Waals surface area (Å²) in [5.41, 5.74) is 1.32. The van der Waals surface area contributed by atoms with E-state index in [0.717, 1.165) is 12.8 Å². The third kappa shape index (κ3) is 3.59. The quantitative estimate of drug-likeness (QED) is 0.656. The van der Waals surface area contributed by atoms with Crippen molar-refractivity contribution in [3.05, 3.63) is 24.3 Å². The maximum atomic E-state index is 12.0. The summed E-state index contributed by atoms with van der Waals surface area (Å²) >= 11 is 0. The molecule has 6 heteroatoms. The van der Waals surface area contributed by atoms with Crippen LogP contribution in [0.2, 0.25) is 0 Å². The van der Waals surface area contributed by atoms with Crippen LogP contribution in [0.3, 0.4) is 0 Å². The van der Waals surface area contributed by atoms with Crippen molar-refractivity contribution in [1.82, 2.24) is 5.32 Å². The highest BCUT2D eigenvalue weighted by atomic mass is 16.3. The van der Waals surface area contributed by atoms with E-state index in [4.69, 9.17) is 0 Å². The summed E-state index contributed by atoms with van der Waals surface area (Å²) in [4.78, 5) is 23.8. The number of aliphatic hydroxyl groups is 1. The maximum absolute atomic E-state index is 12.0. The average Bonchev–Trinajstić information content (AvgIpc) is 3.21. The fourth-order valence-corrected chi connectivity index (χ4v) is 2.41. The second-order valence-corrected chi connectivity index (χ2v) is 5.68. The maximum Gasteiger partial charge on any atom is 0.241 e. The van der Waals surface area contributed by atoms with Crippen molar-refractivity contribution in [1.29, 1.82) is 0 Å². The van der Waals surface area contributed by atoms with Gasteiger partial charge in [0, 0.05) is 23.8 Å². The molecular weight excluding hydrogens is 270 g/mol. The average molecular weight is 289 g/mol. The number of nitrogens with one attached hydrogen (secondary N) is 3. The van der Waals surface area contributed by atoms with Crippen LogP contribution < -0.4 is 16.0 Å². The Morgan fingerprint density at radius 2 is 1.81 bits per heavy atom. The van der Waals surface area contributed by atoms with Crippen molar-refractivity contribution >= 4 is 23.2 Å². The third-order valence-electron chi connectivity index (χ3n) is 3.77. The Hall–Kier alpha value is -1.92. The van der Waals surface area contributed by atoms with Crippen LogP contribution in [0, 0.1) is 5.92 Å². The summed E-state index contributed by atoms with van der Waals surface area (Å²) in [5.74, 6) is 0.0173. The van der Waals surface area contributed by atoms with Gasteiger partial charge in [-0.3, -0.25) is 9.59 Å². The number of anilines is 2. The van der Waals surface area contributed by atoms with E-state index in [-0.39, 0.29) is 23.8 Å². The highest BCUT2D eigenvalue weighted by Crippen LogP contribution is 2.30. The Kier molecular flexibility index (Phi) is 3.90. The molecule has 0 bridgehead atoms. The summed E-state index contributed by atoms with van der Waals surface area (Å²) in [6.07, 6.45) is 1.87. The molecule has 4 N–H and O–H groups in total. The predicted octanol–water partition coefficient (Wildman–Crippen LogP) is 0.696. The normalized spacial score (nSPS) is 24.6. The molecule has 2 unspecified atom stereocenters. The molecule has 1 heterocycles. The van der Waals surface area contributed by atoms with Gasteiger partial charge in [-0.1, -0.05) is 6.07 Å². The van der Waals surface area contributed by atoms with Crippen LogP contribution in [-0.2, 0) is 9.59 Å². The minimum absolute atomic E-state index is 0.0408. The fraction of sp³-hybridized carbons (Fsp3) is 0.467. The number of hydrogen-bond acceptors (Lipinski definition) is 4. The zero-order chi connectivity index (χ0) is 14.8. The standard InChI is InChI=1S/C15H19N3O3/c19-12-7-13(16-8-12)15(21)18-11-3-1-2-10(6-11)17-14(20)9-4-5-9/h1-3,6,9,12-13,16,19H,4-5,7-8H2,(H,17,20)(H,18,21). The highest BCUT2D eigenvalue weighted by Gasteiger charge is 2.30. The molecule has 2 fully saturated rings. The molecule has 1 saturated carbocycles. The van der Waals surface area contributed by atoms with Gasteiger partial charge in [-0.2, -0.15) is 0 Å². The molecular formula is C15H19N3O3. The number of carbonyl (C=O) groups excluding carboxylic acids is 2. The number of amides is 2. The first kappa shape index (κ1) is 14.0. The van der Waals surface area contributed by atoms with E-state index < -0.39 is 6.10 Å². The van der Waals surface area contributed by atoms with Crippen molar-refractivity contribution in [2.24, 2.45) is 5.92 Å². The molecule has 1 saturated heterocycles. The number of rotatable bonds is 4. The van der Waals surface area contributed by atoms with Crippen LogP contribution >= 0.6 is 0 Å². The van der Waals surface area contributed by atoms with Crippen LogP contribution in [-0.4, -0.2) is 35.6 Å². The topological polar surface area (TPSA) is 90.5 Å². The first-order valence-corrected chi connectivity index (χ1v) is 7.25. The van der Waals surface area contributed by atoms with Gasteiger partial charge in [-0.15, -0.1) is 0 Å². The number of carbonyl (C=O) groups is 2. The smallest absolute Gasteiger partial charge is 0.241 e. The lowest BCUT2D eigenvalue weighted by Gasteiger charge is -2.12. The molecule has 2 atom stereocenters. The zero-order valence-electron chi connectivity index (χ0n) is 11.6. The molecule has 1 aliphatic carbocycles. The molecule has 6 nitrogen and oxygen atoms in total. The Morgan fingerprint density at radius 1 is 1.14 bits per heavy atom.